The number of H-pyrrole nitrogens is 1. The average Bonchev–Trinajstić information content (AvgIpc) is 3.41. The van der Waals surface area contributed by atoms with E-state index in [-0.39, 0.29) is 6.54 Å². The molecule has 0 radical (unpaired) electrons. The van der Waals surface area contributed by atoms with Crippen LogP contribution in [0.15, 0.2) is 67.1 Å². The molecule has 0 saturated carbocycles. The largest absolute Gasteiger partial charge is 0.425 e. The number of imidazole rings is 1. The summed E-state index contributed by atoms with van der Waals surface area (Å²) in [6, 6.07) is 14.7. The topological polar surface area (TPSA) is 82.9 Å². The molecule has 0 saturated heterocycles. The summed E-state index contributed by atoms with van der Waals surface area (Å²) in [6.45, 7) is -0.0289. The number of nitrogens with zero attached hydrogens (tertiary/aromatic N) is 2. The Kier molecular flexibility index (Phi) is 6.42. The summed E-state index contributed by atoms with van der Waals surface area (Å²) in [4.78, 5) is 19.5. The minimum Gasteiger partial charge on any atom is -0.374 e. The molecule has 6 nitrogen and oxygen atoms in total. The van der Waals surface area contributed by atoms with Crippen molar-refractivity contribution in [1.29, 1.82) is 0 Å². The summed E-state index contributed by atoms with van der Waals surface area (Å²) >= 11 is 6.43. The Morgan fingerprint density at radius 2 is 1.88 bits per heavy atom. The van der Waals surface area contributed by atoms with Crippen molar-refractivity contribution in [3.8, 4) is 0 Å². The molecule has 10 heteroatoms. The Balaban J connectivity index is 1.62. The first-order chi connectivity index (χ1) is 16.1. The molecule has 0 bridgehead atoms. The summed E-state index contributed by atoms with van der Waals surface area (Å²) in [5.74, 6) is -2.07. The van der Waals surface area contributed by atoms with Gasteiger partial charge in [0.2, 0.25) is 11.5 Å². The number of aromatic amines is 1. The van der Waals surface area contributed by atoms with Crippen molar-refractivity contribution in [3.63, 3.8) is 0 Å². The lowest BCUT2D eigenvalue weighted by atomic mass is 9.90. The van der Waals surface area contributed by atoms with Gasteiger partial charge in [-0.1, -0.05) is 48.0 Å². The highest BCUT2D eigenvalue weighted by atomic mass is 35.5. The van der Waals surface area contributed by atoms with E-state index in [1.807, 2.05) is 24.3 Å². The molecule has 2 aromatic carbocycles. The predicted molar refractivity (Wildman–Crippen MR) is 122 cm³/mol. The van der Waals surface area contributed by atoms with E-state index in [0.717, 1.165) is 27.2 Å². The lowest BCUT2D eigenvalue weighted by Crippen LogP contribution is -2.48. The SMILES string of the molecule is Cn1ccnc1C(O)(CC(=O)NCC(c1ccccc1Cl)c1c[nH]c2ccccc12)C(F)(F)F. The Bertz CT molecular complexity index is 1320. The molecule has 2 aromatic heterocycles. The van der Waals surface area contributed by atoms with Crippen LogP contribution in [0.4, 0.5) is 13.2 Å². The third kappa shape index (κ3) is 4.41. The van der Waals surface area contributed by atoms with E-state index in [9.17, 15) is 23.1 Å². The number of para-hydroxylation sites is 1. The number of aryl methyl sites for hydroxylation is 1. The first-order valence-corrected chi connectivity index (χ1v) is 10.8. The van der Waals surface area contributed by atoms with Gasteiger partial charge in [0.1, 0.15) is 0 Å². The minimum atomic E-state index is -5.11. The number of aliphatic hydroxyl groups is 1. The second kappa shape index (κ2) is 9.15. The smallest absolute Gasteiger partial charge is 0.374 e. The van der Waals surface area contributed by atoms with E-state index in [0.29, 0.717) is 10.6 Å². The van der Waals surface area contributed by atoms with Crippen molar-refractivity contribution in [3.05, 3.63) is 89.1 Å². The second-order valence-corrected chi connectivity index (χ2v) is 8.47. The maximum Gasteiger partial charge on any atom is 0.425 e. The van der Waals surface area contributed by atoms with Crippen LogP contribution in [-0.2, 0) is 17.4 Å². The summed E-state index contributed by atoms with van der Waals surface area (Å²) < 4.78 is 42.5. The van der Waals surface area contributed by atoms with Crippen molar-refractivity contribution < 1.29 is 23.1 Å². The molecule has 4 rings (SSSR count). The van der Waals surface area contributed by atoms with Crippen LogP contribution in [0.2, 0.25) is 5.02 Å². The third-order valence-corrected chi connectivity index (χ3v) is 6.20. The van der Waals surface area contributed by atoms with Gasteiger partial charge in [0.05, 0.1) is 6.42 Å². The number of amides is 1. The van der Waals surface area contributed by atoms with E-state index in [1.165, 1.54) is 13.2 Å². The second-order valence-electron chi connectivity index (χ2n) is 8.06. The van der Waals surface area contributed by atoms with Crippen LogP contribution in [0, 0.1) is 0 Å². The number of carbonyl (C=O) groups is 1. The van der Waals surface area contributed by atoms with Crippen molar-refractivity contribution in [1.82, 2.24) is 19.9 Å². The lowest BCUT2D eigenvalue weighted by Gasteiger charge is -2.29. The molecule has 3 N–H and O–H groups in total. The zero-order valence-electron chi connectivity index (χ0n) is 18.1. The predicted octanol–water partition coefficient (Wildman–Crippen LogP) is 4.64. The van der Waals surface area contributed by atoms with Gasteiger partial charge in [0.25, 0.3) is 0 Å². The molecule has 178 valence electrons. The number of fused-ring (bicyclic) bond motifs is 1. The molecule has 0 aliphatic carbocycles. The van der Waals surface area contributed by atoms with Crippen LogP contribution in [0.3, 0.4) is 0 Å². The highest BCUT2D eigenvalue weighted by Gasteiger charge is 2.58. The van der Waals surface area contributed by atoms with Crippen molar-refractivity contribution in [2.75, 3.05) is 6.54 Å². The van der Waals surface area contributed by atoms with E-state index in [2.05, 4.69) is 15.3 Å². The van der Waals surface area contributed by atoms with Gasteiger partial charge in [0.15, 0.2) is 5.82 Å². The van der Waals surface area contributed by atoms with E-state index in [4.69, 9.17) is 11.6 Å². The molecule has 0 aliphatic rings. The Morgan fingerprint density at radius 1 is 1.18 bits per heavy atom. The molecule has 2 unspecified atom stereocenters. The first-order valence-electron chi connectivity index (χ1n) is 10.5. The minimum absolute atomic E-state index is 0.0289. The van der Waals surface area contributed by atoms with Gasteiger partial charge in [-0.15, -0.1) is 0 Å². The average molecular weight is 491 g/mol. The van der Waals surface area contributed by atoms with Gasteiger partial charge in [-0.3, -0.25) is 4.79 Å². The zero-order valence-corrected chi connectivity index (χ0v) is 18.9. The Morgan fingerprint density at radius 3 is 2.56 bits per heavy atom. The Hall–Kier alpha value is -3.30. The van der Waals surface area contributed by atoms with Gasteiger partial charge in [-0.25, -0.2) is 4.98 Å². The molecule has 2 atom stereocenters. The first kappa shape index (κ1) is 23.8. The molecular weight excluding hydrogens is 469 g/mol. The fourth-order valence-corrected chi connectivity index (χ4v) is 4.38. The number of hydrogen-bond acceptors (Lipinski definition) is 3. The summed E-state index contributed by atoms with van der Waals surface area (Å²) in [5.41, 5.74) is -1.01. The maximum atomic E-state index is 13.8. The fraction of sp³-hybridized carbons (Fsp3) is 0.250. The number of benzene rings is 2. The van der Waals surface area contributed by atoms with Crippen LogP contribution in [0.1, 0.15) is 29.3 Å². The summed E-state index contributed by atoms with van der Waals surface area (Å²) in [7, 11) is 1.32. The lowest BCUT2D eigenvalue weighted by molar-refractivity contribution is -0.271. The van der Waals surface area contributed by atoms with E-state index in [1.54, 1.807) is 30.5 Å². The number of halogens is 4. The molecule has 34 heavy (non-hydrogen) atoms. The number of nitrogens with one attached hydrogen (secondary N) is 2. The summed E-state index contributed by atoms with van der Waals surface area (Å²) in [6.07, 6.45) is -2.14. The number of aromatic nitrogens is 3. The van der Waals surface area contributed by atoms with Crippen molar-refractivity contribution >= 4 is 28.4 Å². The van der Waals surface area contributed by atoms with Crippen molar-refractivity contribution in [2.45, 2.75) is 24.1 Å². The highest BCUT2D eigenvalue weighted by molar-refractivity contribution is 6.31. The number of hydrogen-bond donors (Lipinski definition) is 3. The Labute approximate surface area is 198 Å². The van der Waals surface area contributed by atoms with E-state index >= 15 is 0 Å². The summed E-state index contributed by atoms with van der Waals surface area (Å²) in [5, 5.41) is 14.4. The quantitative estimate of drug-likeness (QED) is 0.353. The van der Waals surface area contributed by atoms with Crippen LogP contribution >= 0.6 is 11.6 Å². The number of carbonyl (C=O) groups excluding carboxylic acids is 1. The standard InChI is InChI=1S/C24H22ClF3N4O2/c1-32-11-10-29-22(32)23(34,24(26,27)28)12-21(33)31-14-17(15-6-2-4-8-19(15)25)18-13-30-20-9-5-3-7-16(18)20/h2-11,13,17,30,34H,12,14H2,1H3,(H,31,33). The van der Waals surface area contributed by atoms with E-state index < -0.39 is 35.8 Å². The highest BCUT2D eigenvalue weighted by Crippen LogP contribution is 2.41. The molecule has 1 amide bonds. The zero-order chi connectivity index (χ0) is 24.5. The van der Waals surface area contributed by atoms with Gasteiger partial charge in [-0.2, -0.15) is 13.2 Å². The third-order valence-electron chi connectivity index (χ3n) is 5.86. The fourth-order valence-electron chi connectivity index (χ4n) is 4.11. The van der Waals surface area contributed by atoms with Gasteiger partial charge in [0, 0.05) is 54.0 Å². The van der Waals surface area contributed by atoms with Crippen molar-refractivity contribution in [2.24, 2.45) is 7.05 Å². The van der Waals surface area contributed by atoms with Crippen LogP contribution in [0.25, 0.3) is 10.9 Å². The van der Waals surface area contributed by atoms with Gasteiger partial charge in [-0.05, 0) is 23.3 Å². The van der Waals surface area contributed by atoms with Crippen LogP contribution in [-0.4, -0.2) is 38.3 Å². The molecule has 0 fully saturated rings. The van der Waals surface area contributed by atoms with Crippen LogP contribution < -0.4 is 5.32 Å². The van der Waals surface area contributed by atoms with Gasteiger partial charge >= 0.3 is 6.18 Å². The molecule has 4 aromatic rings. The molecule has 0 spiro atoms. The monoisotopic (exact) mass is 490 g/mol. The number of alkyl halides is 3. The maximum absolute atomic E-state index is 13.8. The molecular formula is C24H22ClF3N4O2. The molecule has 0 aliphatic heterocycles. The van der Waals surface area contributed by atoms with Gasteiger partial charge < -0.3 is 20.0 Å². The normalized spacial score (nSPS) is 14.6. The molecule has 2 heterocycles. The number of rotatable bonds is 7. The van der Waals surface area contributed by atoms with Crippen LogP contribution in [0.5, 0.6) is 0 Å².